The zero-order chi connectivity index (χ0) is 19.9. The van der Waals surface area contributed by atoms with Gasteiger partial charge in [0.25, 0.3) is 0 Å². The van der Waals surface area contributed by atoms with E-state index in [4.69, 9.17) is 0 Å². The molecule has 0 saturated carbocycles. The fourth-order valence-corrected chi connectivity index (χ4v) is 5.46. The van der Waals surface area contributed by atoms with Gasteiger partial charge in [-0.2, -0.15) is 0 Å². The summed E-state index contributed by atoms with van der Waals surface area (Å²) < 4.78 is 4.24. The second-order valence-corrected chi connectivity index (χ2v) is 8.84. The number of rotatable bonds is 8. The van der Waals surface area contributed by atoms with E-state index in [0.717, 1.165) is 43.9 Å². The molecule has 0 aromatic heterocycles. The summed E-state index contributed by atoms with van der Waals surface area (Å²) in [5.74, 6) is 0. The molecule has 3 aromatic carbocycles. The van der Waals surface area contributed by atoms with Crippen LogP contribution in [0.25, 0.3) is 0 Å². The Bertz CT molecular complexity index is 863. The fourth-order valence-electron chi connectivity index (χ4n) is 3.77. The quantitative estimate of drug-likeness (QED) is 0.430. The van der Waals surface area contributed by atoms with Gasteiger partial charge in [0.2, 0.25) is 0 Å². The number of anilines is 2. The topological polar surface area (TPSA) is 41.6 Å². The Hall–Kier alpha value is -2.39. The molecule has 1 aliphatic rings. The van der Waals surface area contributed by atoms with Gasteiger partial charge in [-0.05, 0) is 51.1 Å². The number of hydrogen-bond acceptors (Lipinski definition) is 4. The molecule has 4 rings (SSSR count). The van der Waals surface area contributed by atoms with Gasteiger partial charge in [-0.1, -0.05) is 66.7 Å². The highest BCUT2D eigenvalue weighted by Crippen LogP contribution is 2.48. The second kappa shape index (κ2) is 9.89. The van der Waals surface area contributed by atoms with Crippen molar-refractivity contribution < 1.29 is 4.89 Å². The van der Waals surface area contributed by atoms with E-state index in [2.05, 4.69) is 38.9 Å². The lowest BCUT2D eigenvalue weighted by molar-refractivity contribution is -0.170. The first-order chi connectivity index (χ1) is 14.3. The molecule has 0 spiro atoms. The smallest absolute Gasteiger partial charge is 0.0399 e. The molecule has 1 heterocycles. The Morgan fingerprint density at radius 2 is 1.48 bits per heavy atom. The molecule has 1 unspecified atom stereocenters. The maximum Gasteiger partial charge on any atom is 0.0399 e. The monoisotopic (exact) mass is 404 g/mol. The predicted molar refractivity (Wildman–Crippen MR) is 121 cm³/mol. The maximum absolute atomic E-state index is 13.4. The van der Waals surface area contributed by atoms with Crippen LogP contribution >= 0.6 is 8.45 Å². The Balaban J connectivity index is 1.42. The molecule has 0 amide bonds. The molecule has 29 heavy (non-hydrogen) atoms. The highest BCUT2D eigenvalue weighted by Gasteiger charge is 2.33. The second-order valence-electron chi connectivity index (χ2n) is 7.34. The molecule has 1 aliphatic heterocycles. The fraction of sp³-hybridized carbons (Fsp3) is 0.250. The maximum atomic E-state index is 13.4. The van der Waals surface area contributed by atoms with Gasteiger partial charge in [0.05, 0.1) is 0 Å². The van der Waals surface area contributed by atoms with E-state index in [1.165, 1.54) is 5.56 Å². The van der Waals surface area contributed by atoms with Crippen LogP contribution in [0.4, 0.5) is 11.4 Å². The van der Waals surface area contributed by atoms with Crippen LogP contribution in [0.15, 0.2) is 91.0 Å². The first kappa shape index (κ1) is 19.9. The lowest BCUT2D eigenvalue weighted by atomic mass is 10.1. The van der Waals surface area contributed by atoms with Crippen molar-refractivity contribution in [2.24, 2.45) is 0 Å². The molecular formula is C24H27N3OP-. The Morgan fingerprint density at radius 1 is 0.862 bits per heavy atom. The van der Waals surface area contributed by atoms with Crippen LogP contribution in [0.5, 0.6) is 0 Å². The van der Waals surface area contributed by atoms with Gasteiger partial charge < -0.3 is 14.9 Å². The van der Waals surface area contributed by atoms with Crippen LogP contribution in [0, 0.1) is 0 Å². The summed E-state index contributed by atoms with van der Waals surface area (Å²) in [4.78, 5) is 13.4. The van der Waals surface area contributed by atoms with E-state index < -0.39 is 8.45 Å². The highest BCUT2D eigenvalue weighted by molar-refractivity contribution is 7.49. The Morgan fingerprint density at radius 3 is 2.17 bits per heavy atom. The molecule has 3 aromatic rings. The summed E-state index contributed by atoms with van der Waals surface area (Å²) in [6, 6.07) is 31.0. The third-order valence-electron chi connectivity index (χ3n) is 5.29. The van der Waals surface area contributed by atoms with Gasteiger partial charge in [-0.3, -0.25) is 4.67 Å². The minimum atomic E-state index is -1.60. The number of nitrogens with one attached hydrogen (secondary N) is 1. The number of hydrogen-bond donors (Lipinski definition) is 1. The van der Waals surface area contributed by atoms with E-state index in [0.29, 0.717) is 0 Å². The van der Waals surface area contributed by atoms with E-state index in [1.807, 2.05) is 66.7 Å². The zero-order valence-electron chi connectivity index (χ0n) is 16.5. The first-order valence-electron chi connectivity index (χ1n) is 10.2. The van der Waals surface area contributed by atoms with E-state index >= 15 is 0 Å². The molecule has 1 fully saturated rings. The third-order valence-corrected chi connectivity index (χ3v) is 7.00. The molecule has 0 aliphatic carbocycles. The molecular weight excluding hydrogens is 377 g/mol. The lowest BCUT2D eigenvalue weighted by Gasteiger charge is -2.37. The van der Waals surface area contributed by atoms with Gasteiger partial charge in [-0.25, -0.2) is 0 Å². The molecule has 0 bridgehead atoms. The number of nitrogens with zero attached hydrogens (tertiary/aromatic N) is 2. The standard InChI is InChI=1S/C24H27N3OP/c28-29-26(19-21-11-4-1-5-12-21)24(20-27(29)23-15-8-3-9-16-23)17-10-18-25-22-13-6-2-7-14-22/h1-9,11-16,24-25H,10,17-20H2/q-1/t24-,29?/m0/s1. The van der Waals surface area contributed by atoms with Crippen molar-refractivity contribution in [3.05, 3.63) is 96.6 Å². The molecule has 1 saturated heterocycles. The molecule has 2 atom stereocenters. The summed E-state index contributed by atoms with van der Waals surface area (Å²) in [7, 11) is -1.60. The number of para-hydroxylation sites is 2. The van der Waals surface area contributed by atoms with Crippen LogP contribution in [-0.2, 0) is 6.54 Å². The lowest BCUT2D eigenvalue weighted by Crippen LogP contribution is -2.29. The van der Waals surface area contributed by atoms with Crippen molar-refractivity contribution >= 4 is 19.8 Å². The van der Waals surface area contributed by atoms with Crippen molar-refractivity contribution in [2.75, 3.05) is 23.1 Å². The van der Waals surface area contributed by atoms with Gasteiger partial charge in [0.15, 0.2) is 0 Å². The Kier molecular flexibility index (Phi) is 6.79. The minimum Gasteiger partial charge on any atom is -0.801 e. The summed E-state index contributed by atoms with van der Waals surface area (Å²) >= 11 is 0. The van der Waals surface area contributed by atoms with E-state index in [9.17, 15) is 4.89 Å². The van der Waals surface area contributed by atoms with E-state index in [1.54, 1.807) is 0 Å². The van der Waals surface area contributed by atoms with Gasteiger partial charge in [0.1, 0.15) is 0 Å². The van der Waals surface area contributed by atoms with Gasteiger partial charge in [0, 0.05) is 37.1 Å². The first-order valence-corrected chi connectivity index (χ1v) is 11.4. The largest absolute Gasteiger partial charge is 0.801 e. The van der Waals surface area contributed by atoms with E-state index in [-0.39, 0.29) is 6.04 Å². The molecule has 5 heteroatoms. The summed E-state index contributed by atoms with van der Waals surface area (Å²) in [5, 5.41) is 3.48. The van der Waals surface area contributed by atoms with Crippen molar-refractivity contribution in [2.45, 2.75) is 25.4 Å². The van der Waals surface area contributed by atoms with Gasteiger partial charge >= 0.3 is 0 Å². The highest BCUT2D eigenvalue weighted by atomic mass is 31.2. The normalized spacial score (nSPS) is 19.4. The number of benzene rings is 3. The van der Waals surface area contributed by atoms with Crippen LogP contribution < -0.4 is 14.9 Å². The minimum absolute atomic E-state index is 0.275. The van der Waals surface area contributed by atoms with Crippen LogP contribution in [0.3, 0.4) is 0 Å². The van der Waals surface area contributed by atoms with Crippen molar-refractivity contribution in [1.29, 1.82) is 0 Å². The summed E-state index contributed by atoms with van der Waals surface area (Å²) in [6.45, 7) is 2.44. The third kappa shape index (κ3) is 5.16. The SMILES string of the molecule is [O-]P1N(c2ccccc2)C[C@H](CCCNc2ccccc2)N1Cc1ccccc1. The van der Waals surface area contributed by atoms with Crippen molar-refractivity contribution in [1.82, 2.24) is 4.67 Å². The van der Waals surface area contributed by atoms with Crippen LogP contribution in [-0.4, -0.2) is 23.8 Å². The van der Waals surface area contributed by atoms with Crippen molar-refractivity contribution in [3.63, 3.8) is 0 Å². The molecule has 150 valence electrons. The average Bonchev–Trinajstić information content (AvgIpc) is 3.09. The molecule has 1 N–H and O–H groups in total. The van der Waals surface area contributed by atoms with Crippen LogP contribution in [0.2, 0.25) is 0 Å². The molecule has 4 nitrogen and oxygen atoms in total. The molecule has 0 radical (unpaired) electrons. The Labute approximate surface area is 174 Å². The summed E-state index contributed by atoms with van der Waals surface area (Å²) in [6.07, 6.45) is 2.05. The summed E-state index contributed by atoms with van der Waals surface area (Å²) in [5.41, 5.74) is 3.40. The van der Waals surface area contributed by atoms with Gasteiger partial charge in [-0.15, -0.1) is 0 Å². The average molecular weight is 404 g/mol. The zero-order valence-corrected chi connectivity index (χ0v) is 17.4. The van der Waals surface area contributed by atoms with Crippen molar-refractivity contribution in [3.8, 4) is 0 Å². The predicted octanol–water partition coefficient (Wildman–Crippen LogP) is 4.86. The van der Waals surface area contributed by atoms with Crippen LogP contribution in [0.1, 0.15) is 18.4 Å².